The molecule has 0 bridgehead atoms. The largest absolute Gasteiger partial charge is 0.486 e. The lowest BCUT2D eigenvalue weighted by Gasteiger charge is -2.30. The molecule has 0 spiro atoms. The number of benzene rings is 3. The van der Waals surface area contributed by atoms with Gasteiger partial charge in [0.1, 0.15) is 6.61 Å². The van der Waals surface area contributed by atoms with E-state index in [1.165, 1.54) is 0 Å². The van der Waals surface area contributed by atoms with Crippen LogP contribution in [0.2, 0.25) is 0 Å². The molecule has 3 aromatic rings. The third-order valence-electron chi connectivity index (χ3n) is 5.25. The summed E-state index contributed by atoms with van der Waals surface area (Å²) in [5.74, 6) is 1.60. The zero-order valence-electron chi connectivity index (χ0n) is 16.5. The van der Waals surface area contributed by atoms with Gasteiger partial charge in [-0.2, -0.15) is 0 Å². The molecule has 0 fully saturated rings. The molecular weight excluding hydrogens is 362 g/mol. The Morgan fingerprint density at radius 2 is 1.45 bits per heavy atom. The Labute approximate surface area is 171 Å². The van der Waals surface area contributed by atoms with Crippen molar-refractivity contribution in [2.24, 2.45) is 0 Å². The molecule has 1 aliphatic heterocycles. The number of amides is 1. The van der Waals surface area contributed by atoms with E-state index in [9.17, 15) is 4.79 Å². The monoisotopic (exact) mass is 387 g/mol. The first-order chi connectivity index (χ1) is 14.2. The standard InChI is InChI=1S/C25H25NO3/c1-26(17-21-18-28-23-14-8-9-15-24(23)29-21)25(27)16-22(19-10-4-2-5-11-19)20-12-6-3-7-13-20/h2-15,21-22H,16-18H2,1H3. The van der Waals surface area contributed by atoms with E-state index in [1.54, 1.807) is 4.90 Å². The molecule has 0 aliphatic carbocycles. The highest BCUT2D eigenvalue weighted by Crippen LogP contribution is 2.31. The fourth-order valence-electron chi connectivity index (χ4n) is 3.69. The molecule has 4 rings (SSSR count). The summed E-state index contributed by atoms with van der Waals surface area (Å²) in [5, 5.41) is 0. The number of ether oxygens (including phenoxy) is 2. The molecule has 1 amide bonds. The van der Waals surface area contributed by atoms with Gasteiger partial charge in [-0.15, -0.1) is 0 Å². The molecule has 1 unspecified atom stereocenters. The Morgan fingerprint density at radius 3 is 2.07 bits per heavy atom. The highest BCUT2D eigenvalue weighted by Gasteiger charge is 2.25. The predicted molar refractivity (Wildman–Crippen MR) is 113 cm³/mol. The van der Waals surface area contributed by atoms with E-state index in [2.05, 4.69) is 24.3 Å². The molecule has 1 heterocycles. The molecule has 3 aromatic carbocycles. The lowest BCUT2D eigenvalue weighted by Crippen LogP contribution is -2.42. The van der Waals surface area contributed by atoms with Gasteiger partial charge in [-0.25, -0.2) is 0 Å². The summed E-state index contributed by atoms with van der Waals surface area (Å²) in [6.45, 7) is 0.929. The molecule has 148 valence electrons. The Hall–Kier alpha value is -3.27. The summed E-state index contributed by atoms with van der Waals surface area (Å²) in [5.41, 5.74) is 2.29. The van der Waals surface area contributed by atoms with Crippen LogP contribution in [0.3, 0.4) is 0 Å². The molecule has 1 atom stereocenters. The summed E-state index contributed by atoms with van der Waals surface area (Å²) in [6.07, 6.45) is 0.236. The molecule has 0 saturated carbocycles. The van der Waals surface area contributed by atoms with Crippen LogP contribution < -0.4 is 9.47 Å². The van der Waals surface area contributed by atoms with Crippen molar-refractivity contribution in [1.82, 2.24) is 4.90 Å². The normalized spacial score (nSPS) is 15.2. The Balaban J connectivity index is 1.44. The van der Waals surface area contributed by atoms with Crippen molar-refractivity contribution in [1.29, 1.82) is 0 Å². The average Bonchev–Trinajstić information content (AvgIpc) is 2.78. The van der Waals surface area contributed by atoms with E-state index < -0.39 is 0 Å². The molecular formula is C25H25NO3. The van der Waals surface area contributed by atoms with Gasteiger partial charge in [0.15, 0.2) is 17.6 Å². The smallest absolute Gasteiger partial charge is 0.223 e. The minimum Gasteiger partial charge on any atom is -0.486 e. The first-order valence-corrected chi connectivity index (χ1v) is 9.93. The maximum Gasteiger partial charge on any atom is 0.223 e. The number of nitrogens with zero attached hydrogens (tertiary/aromatic N) is 1. The molecule has 29 heavy (non-hydrogen) atoms. The van der Waals surface area contributed by atoms with Crippen LogP contribution in [0.1, 0.15) is 23.5 Å². The van der Waals surface area contributed by atoms with Crippen LogP contribution >= 0.6 is 0 Å². The first-order valence-electron chi connectivity index (χ1n) is 9.93. The summed E-state index contributed by atoms with van der Waals surface area (Å²) in [4.78, 5) is 14.8. The van der Waals surface area contributed by atoms with Crippen molar-refractivity contribution >= 4 is 5.91 Å². The number of carbonyl (C=O) groups excluding carboxylic acids is 1. The third-order valence-corrected chi connectivity index (χ3v) is 5.25. The van der Waals surface area contributed by atoms with Gasteiger partial charge in [-0.05, 0) is 23.3 Å². The van der Waals surface area contributed by atoms with Crippen LogP contribution in [-0.2, 0) is 4.79 Å². The van der Waals surface area contributed by atoms with E-state index in [0.717, 1.165) is 22.6 Å². The first kappa shape index (κ1) is 19.1. The minimum absolute atomic E-state index is 0.0246. The Morgan fingerprint density at radius 1 is 0.897 bits per heavy atom. The maximum absolute atomic E-state index is 13.0. The molecule has 0 saturated heterocycles. The number of fused-ring (bicyclic) bond motifs is 1. The molecule has 0 radical (unpaired) electrons. The minimum atomic E-state index is -0.175. The number of carbonyl (C=O) groups is 1. The lowest BCUT2D eigenvalue weighted by atomic mass is 9.88. The van der Waals surface area contributed by atoms with Crippen LogP contribution in [-0.4, -0.2) is 37.1 Å². The molecule has 0 N–H and O–H groups in total. The Bertz CT molecular complexity index is 903. The number of hydrogen-bond acceptors (Lipinski definition) is 3. The zero-order chi connectivity index (χ0) is 20.1. The summed E-state index contributed by atoms with van der Waals surface area (Å²) in [7, 11) is 1.83. The number of likely N-dealkylation sites (N-methyl/N-ethyl adjacent to an activating group) is 1. The van der Waals surface area contributed by atoms with Crippen LogP contribution in [0.15, 0.2) is 84.9 Å². The van der Waals surface area contributed by atoms with Gasteiger partial charge in [0.05, 0.1) is 6.54 Å². The number of hydrogen-bond donors (Lipinski definition) is 0. The van der Waals surface area contributed by atoms with Crippen LogP contribution in [0, 0.1) is 0 Å². The topological polar surface area (TPSA) is 38.8 Å². The van der Waals surface area contributed by atoms with Crippen molar-refractivity contribution in [3.8, 4) is 11.5 Å². The van der Waals surface area contributed by atoms with E-state index in [4.69, 9.17) is 9.47 Å². The van der Waals surface area contributed by atoms with Gasteiger partial charge < -0.3 is 14.4 Å². The van der Waals surface area contributed by atoms with Gasteiger partial charge in [0, 0.05) is 19.4 Å². The van der Waals surface area contributed by atoms with Crippen molar-refractivity contribution < 1.29 is 14.3 Å². The SMILES string of the molecule is CN(CC1COc2ccccc2O1)C(=O)CC(c1ccccc1)c1ccccc1. The van der Waals surface area contributed by atoms with Crippen molar-refractivity contribution in [2.75, 3.05) is 20.2 Å². The Kier molecular flexibility index (Phi) is 5.80. The molecule has 0 aromatic heterocycles. The third kappa shape index (κ3) is 4.60. The number of para-hydroxylation sites is 2. The van der Waals surface area contributed by atoms with Crippen LogP contribution in [0.4, 0.5) is 0 Å². The van der Waals surface area contributed by atoms with Gasteiger partial charge in [0.25, 0.3) is 0 Å². The predicted octanol–water partition coefficient (Wildman–Crippen LogP) is 4.51. The average molecular weight is 387 g/mol. The quantitative estimate of drug-likeness (QED) is 0.625. The lowest BCUT2D eigenvalue weighted by molar-refractivity contribution is -0.131. The van der Waals surface area contributed by atoms with Crippen molar-refractivity contribution in [2.45, 2.75) is 18.4 Å². The summed E-state index contributed by atoms with van der Waals surface area (Å²) >= 11 is 0. The van der Waals surface area contributed by atoms with Crippen molar-refractivity contribution in [3.63, 3.8) is 0 Å². The van der Waals surface area contributed by atoms with Gasteiger partial charge in [-0.3, -0.25) is 4.79 Å². The second-order valence-electron chi connectivity index (χ2n) is 7.35. The van der Waals surface area contributed by atoms with Crippen LogP contribution in [0.25, 0.3) is 0 Å². The van der Waals surface area contributed by atoms with E-state index >= 15 is 0 Å². The second kappa shape index (κ2) is 8.82. The second-order valence-corrected chi connectivity index (χ2v) is 7.35. The maximum atomic E-state index is 13.0. The van der Waals surface area contributed by atoms with E-state index in [0.29, 0.717) is 19.6 Å². The molecule has 4 nitrogen and oxygen atoms in total. The molecule has 4 heteroatoms. The fourth-order valence-corrected chi connectivity index (χ4v) is 3.69. The van der Waals surface area contributed by atoms with Gasteiger partial charge in [0.2, 0.25) is 5.91 Å². The van der Waals surface area contributed by atoms with E-state index in [-0.39, 0.29) is 17.9 Å². The summed E-state index contributed by atoms with van der Waals surface area (Å²) < 4.78 is 11.8. The van der Waals surface area contributed by atoms with Gasteiger partial charge in [-0.1, -0.05) is 72.8 Å². The van der Waals surface area contributed by atoms with Gasteiger partial charge >= 0.3 is 0 Å². The highest BCUT2D eigenvalue weighted by molar-refractivity contribution is 5.77. The molecule has 1 aliphatic rings. The van der Waals surface area contributed by atoms with Crippen molar-refractivity contribution in [3.05, 3.63) is 96.1 Å². The summed E-state index contributed by atoms with van der Waals surface area (Å²) in [6, 6.07) is 28.0. The van der Waals surface area contributed by atoms with Crippen LogP contribution in [0.5, 0.6) is 11.5 Å². The number of rotatable bonds is 6. The van der Waals surface area contributed by atoms with E-state index in [1.807, 2.05) is 67.7 Å². The zero-order valence-corrected chi connectivity index (χ0v) is 16.5. The fraction of sp³-hybridized carbons (Fsp3) is 0.240. The highest BCUT2D eigenvalue weighted by atomic mass is 16.6.